The summed E-state index contributed by atoms with van der Waals surface area (Å²) >= 11 is 13.6. The Morgan fingerprint density at radius 1 is 1.00 bits per heavy atom. The molecule has 0 radical (unpaired) electrons. The highest BCUT2D eigenvalue weighted by atomic mass is 35.5. The van der Waals surface area contributed by atoms with Crippen LogP contribution in [0.1, 0.15) is 45.1 Å². The molecule has 0 saturated heterocycles. The summed E-state index contributed by atoms with van der Waals surface area (Å²) in [5, 5.41) is 4.30. The van der Waals surface area contributed by atoms with E-state index in [1.54, 1.807) is 28.8 Å². The van der Waals surface area contributed by atoms with Gasteiger partial charge in [0.05, 0.1) is 0 Å². The molecule has 0 heterocycles. The summed E-state index contributed by atoms with van der Waals surface area (Å²) in [5.41, 5.74) is 0.954. The minimum absolute atomic E-state index is 0.00912. The fourth-order valence-electron chi connectivity index (χ4n) is 3.16. The lowest BCUT2D eigenvalue weighted by Crippen LogP contribution is -2.49. The van der Waals surface area contributed by atoms with Crippen molar-refractivity contribution < 1.29 is 9.59 Å². The van der Waals surface area contributed by atoms with Gasteiger partial charge in [-0.05, 0) is 67.0 Å². The first-order valence-electron chi connectivity index (χ1n) is 10.6. The molecule has 4 nitrogen and oxygen atoms in total. The molecule has 1 N–H and O–H groups in total. The number of nitrogens with zero attached hydrogens (tertiary/aromatic N) is 1. The van der Waals surface area contributed by atoms with Crippen LogP contribution in [-0.4, -0.2) is 35.1 Å². The smallest absolute Gasteiger partial charge is 0.242 e. The third-order valence-corrected chi connectivity index (χ3v) is 6.42. The Hall–Kier alpha value is -1.69. The third-order valence-electron chi connectivity index (χ3n) is 4.82. The van der Waals surface area contributed by atoms with Crippen LogP contribution in [0.3, 0.4) is 0 Å². The van der Waals surface area contributed by atoms with Gasteiger partial charge in [0.1, 0.15) is 6.04 Å². The fraction of sp³-hybridized carbons (Fsp3) is 0.417. The maximum Gasteiger partial charge on any atom is 0.242 e. The predicted octanol–water partition coefficient (Wildman–Crippen LogP) is 6.20. The van der Waals surface area contributed by atoms with Crippen LogP contribution < -0.4 is 5.32 Å². The standard InChI is InChI=1S/C24H30Cl2N2O2S/c1-3-15-27-24(30)22(4-2)28(17-18-7-9-19(25)10-8-18)23(29)6-5-16-31-21-13-11-20(26)12-14-21/h7-14,22H,3-6,15-17H2,1-2H3,(H,27,30). The Morgan fingerprint density at radius 3 is 2.19 bits per heavy atom. The zero-order valence-electron chi connectivity index (χ0n) is 18.1. The van der Waals surface area contributed by atoms with Crippen molar-refractivity contribution in [2.24, 2.45) is 0 Å². The van der Waals surface area contributed by atoms with Gasteiger partial charge in [-0.15, -0.1) is 11.8 Å². The van der Waals surface area contributed by atoms with Gasteiger partial charge in [-0.2, -0.15) is 0 Å². The van der Waals surface area contributed by atoms with Crippen LogP contribution in [0.5, 0.6) is 0 Å². The predicted molar refractivity (Wildman–Crippen MR) is 131 cm³/mol. The molecular formula is C24H30Cl2N2O2S. The zero-order chi connectivity index (χ0) is 22.6. The van der Waals surface area contributed by atoms with E-state index >= 15 is 0 Å². The number of nitrogens with one attached hydrogen (secondary N) is 1. The van der Waals surface area contributed by atoms with Gasteiger partial charge in [-0.25, -0.2) is 0 Å². The molecule has 0 spiro atoms. The van der Waals surface area contributed by atoms with Gasteiger partial charge in [-0.3, -0.25) is 9.59 Å². The van der Waals surface area contributed by atoms with Crippen molar-refractivity contribution in [3.05, 3.63) is 64.1 Å². The summed E-state index contributed by atoms with van der Waals surface area (Å²) in [6.45, 7) is 4.94. The van der Waals surface area contributed by atoms with E-state index in [0.717, 1.165) is 29.1 Å². The summed E-state index contributed by atoms with van der Waals surface area (Å²) in [6, 6.07) is 14.6. The van der Waals surface area contributed by atoms with Gasteiger partial charge in [0.15, 0.2) is 0 Å². The van der Waals surface area contributed by atoms with Crippen LogP contribution in [0.15, 0.2) is 53.4 Å². The first-order valence-corrected chi connectivity index (χ1v) is 12.4. The van der Waals surface area contributed by atoms with Crippen LogP contribution in [0.2, 0.25) is 10.0 Å². The lowest BCUT2D eigenvalue weighted by atomic mass is 10.1. The van der Waals surface area contributed by atoms with Crippen molar-refractivity contribution in [2.45, 2.75) is 57.0 Å². The van der Waals surface area contributed by atoms with Gasteiger partial charge in [-0.1, -0.05) is 49.2 Å². The van der Waals surface area contributed by atoms with Gasteiger partial charge in [0.2, 0.25) is 11.8 Å². The molecule has 0 aliphatic carbocycles. The van der Waals surface area contributed by atoms with E-state index in [1.165, 1.54) is 0 Å². The highest BCUT2D eigenvalue weighted by Crippen LogP contribution is 2.22. The number of hydrogen-bond acceptors (Lipinski definition) is 3. The normalized spacial score (nSPS) is 11.7. The van der Waals surface area contributed by atoms with Crippen molar-refractivity contribution >= 4 is 46.8 Å². The summed E-state index contributed by atoms with van der Waals surface area (Å²) in [4.78, 5) is 28.7. The first kappa shape index (κ1) is 25.6. The molecule has 1 atom stereocenters. The highest BCUT2D eigenvalue weighted by molar-refractivity contribution is 7.99. The van der Waals surface area contributed by atoms with Gasteiger partial charge in [0, 0.05) is 34.5 Å². The van der Waals surface area contributed by atoms with E-state index < -0.39 is 6.04 Å². The second-order valence-corrected chi connectivity index (χ2v) is 9.31. The Balaban J connectivity index is 2.02. The summed E-state index contributed by atoms with van der Waals surface area (Å²) in [5.74, 6) is 0.716. The van der Waals surface area contributed by atoms with Crippen molar-refractivity contribution in [3.63, 3.8) is 0 Å². The van der Waals surface area contributed by atoms with Crippen molar-refractivity contribution in [1.29, 1.82) is 0 Å². The molecular weight excluding hydrogens is 451 g/mol. The zero-order valence-corrected chi connectivity index (χ0v) is 20.4. The molecule has 0 fully saturated rings. The maximum absolute atomic E-state index is 13.1. The number of thioether (sulfide) groups is 1. The van der Waals surface area contributed by atoms with Gasteiger partial charge < -0.3 is 10.2 Å². The molecule has 31 heavy (non-hydrogen) atoms. The van der Waals surface area contributed by atoms with Crippen LogP contribution >= 0.6 is 35.0 Å². The Labute approximate surface area is 199 Å². The molecule has 2 aromatic rings. The largest absolute Gasteiger partial charge is 0.354 e. The average molecular weight is 481 g/mol. The molecule has 0 aromatic heterocycles. The van der Waals surface area contributed by atoms with Gasteiger partial charge in [0.25, 0.3) is 0 Å². The highest BCUT2D eigenvalue weighted by Gasteiger charge is 2.28. The number of benzene rings is 2. The second kappa shape index (κ2) is 13.7. The average Bonchev–Trinajstić information content (AvgIpc) is 2.77. The van der Waals surface area contributed by atoms with Crippen LogP contribution in [0, 0.1) is 0 Å². The number of rotatable bonds is 12. The number of carbonyl (C=O) groups excluding carboxylic acids is 2. The lowest BCUT2D eigenvalue weighted by molar-refractivity contribution is -0.141. The van der Waals surface area contributed by atoms with Crippen LogP contribution in [0.4, 0.5) is 0 Å². The van der Waals surface area contributed by atoms with E-state index in [1.807, 2.05) is 50.2 Å². The van der Waals surface area contributed by atoms with E-state index in [9.17, 15) is 9.59 Å². The monoisotopic (exact) mass is 480 g/mol. The van der Waals surface area contributed by atoms with Crippen molar-refractivity contribution in [2.75, 3.05) is 12.3 Å². The maximum atomic E-state index is 13.1. The molecule has 2 rings (SSSR count). The number of halogens is 2. The van der Waals surface area contributed by atoms with Crippen LogP contribution in [0.25, 0.3) is 0 Å². The lowest BCUT2D eigenvalue weighted by Gasteiger charge is -2.30. The summed E-state index contributed by atoms with van der Waals surface area (Å²) in [6.07, 6.45) is 2.55. The number of hydrogen-bond donors (Lipinski definition) is 1. The SMILES string of the molecule is CCCNC(=O)C(CC)N(Cc1ccc(Cl)cc1)C(=O)CCCSc1ccc(Cl)cc1. The molecule has 7 heteroatoms. The molecule has 0 bridgehead atoms. The topological polar surface area (TPSA) is 49.4 Å². The minimum Gasteiger partial charge on any atom is -0.354 e. The summed E-state index contributed by atoms with van der Waals surface area (Å²) < 4.78 is 0. The molecule has 2 aromatic carbocycles. The molecule has 2 amide bonds. The van der Waals surface area contributed by atoms with Gasteiger partial charge >= 0.3 is 0 Å². The van der Waals surface area contributed by atoms with E-state index in [0.29, 0.717) is 36.0 Å². The Bertz CT molecular complexity index is 828. The Kier molecular flexibility index (Phi) is 11.3. The number of amides is 2. The second-order valence-electron chi connectivity index (χ2n) is 7.27. The number of carbonyl (C=O) groups is 2. The van der Waals surface area contributed by atoms with E-state index in [4.69, 9.17) is 23.2 Å². The van der Waals surface area contributed by atoms with Crippen molar-refractivity contribution in [1.82, 2.24) is 10.2 Å². The molecule has 0 aliphatic heterocycles. The molecule has 168 valence electrons. The van der Waals surface area contributed by atoms with Crippen LogP contribution in [-0.2, 0) is 16.1 Å². The molecule has 1 unspecified atom stereocenters. The molecule has 0 aliphatic rings. The molecule has 0 saturated carbocycles. The Morgan fingerprint density at radius 2 is 1.61 bits per heavy atom. The van der Waals surface area contributed by atoms with E-state index in [-0.39, 0.29) is 11.8 Å². The van der Waals surface area contributed by atoms with Crippen molar-refractivity contribution in [3.8, 4) is 0 Å². The minimum atomic E-state index is -0.487. The van der Waals surface area contributed by atoms with E-state index in [2.05, 4.69) is 5.32 Å². The fourth-order valence-corrected chi connectivity index (χ4v) is 4.26. The quantitative estimate of drug-likeness (QED) is 0.290. The summed E-state index contributed by atoms with van der Waals surface area (Å²) in [7, 11) is 0. The first-order chi connectivity index (χ1) is 14.9. The third kappa shape index (κ3) is 8.76.